The summed E-state index contributed by atoms with van der Waals surface area (Å²) in [6.07, 6.45) is 10.5. The van der Waals surface area contributed by atoms with Gasteiger partial charge in [-0.15, -0.1) is 0 Å². The summed E-state index contributed by atoms with van der Waals surface area (Å²) in [5.41, 5.74) is 8.00. The van der Waals surface area contributed by atoms with Crippen LogP contribution in [-0.2, 0) is 25.8 Å². The summed E-state index contributed by atoms with van der Waals surface area (Å²) < 4.78 is 1.95. The first-order chi connectivity index (χ1) is 15.7. The van der Waals surface area contributed by atoms with Crippen LogP contribution < -0.4 is 0 Å². The molecule has 0 saturated heterocycles. The molecular formula is C26H28N6. The first-order valence-corrected chi connectivity index (χ1v) is 11.3. The zero-order valence-electron chi connectivity index (χ0n) is 18.7. The lowest BCUT2D eigenvalue weighted by molar-refractivity contribution is 0.352. The van der Waals surface area contributed by atoms with Gasteiger partial charge < -0.3 is 4.90 Å². The van der Waals surface area contributed by atoms with Gasteiger partial charge in [-0.05, 0) is 61.7 Å². The van der Waals surface area contributed by atoms with Crippen molar-refractivity contribution in [3.63, 3.8) is 0 Å². The van der Waals surface area contributed by atoms with Crippen molar-refractivity contribution in [3.8, 4) is 22.5 Å². The standard InChI is InChI=1S/C26H28N6/c1-3-32-18-23(26(30-32)22-5-4-11-27-17-22)24-8-12-28-25(29-24)16-19-6-7-20-9-13-31(2)14-10-21(20)15-19/h4-8,11-12,15,17-18H,3,9-10,13-14,16H2,1-2H3. The van der Waals surface area contributed by atoms with E-state index in [1.807, 2.05) is 35.3 Å². The number of hydrogen-bond donors (Lipinski definition) is 0. The smallest absolute Gasteiger partial charge is 0.133 e. The first-order valence-electron chi connectivity index (χ1n) is 11.3. The van der Waals surface area contributed by atoms with Crippen molar-refractivity contribution in [2.75, 3.05) is 20.1 Å². The first kappa shape index (κ1) is 20.5. The second-order valence-electron chi connectivity index (χ2n) is 8.43. The van der Waals surface area contributed by atoms with Gasteiger partial charge in [0.15, 0.2) is 0 Å². The fraction of sp³-hybridized carbons (Fsp3) is 0.308. The maximum absolute atomic E-state index is 4.92. The molecule has 5 rings (SSSR count). The molecule has 32 heavy (non-hydrogen) atoms. The van der Waals surface area contributed by atoms with Crippen LogP contribution in [0.5, 0.6) is 0 Å². The van der Waals surface area contributed by atoms with Crippen LogP contribution in [0.25, 0.3) is 22.5 Å². The molecule has 0 bridgehead atoms. The highest BCUT2D eigenvalue weighted by Gasteiger charge is 2.16. The van der Waals surface area contributed by atoms with Gasteiger partial charge in [0.1, 0.15) is 11.5 Å². The third-order valence-corrected chi connectivity index (χ3v) is 6.16. The number of fused-ring (bicyclic) bond motifs is 1. The van der Waals surface area contributed by atoms with Crippen molar-refractivity contribution in [3.05, 3.63) is 83.7 Å². The molecule has 0 unspecified atom stereocenters. The van der Waals surface area contributed by atoms with E-state index in [1.54, 1.807) is 6.20 Å². The topological polar surface area (TPSA) is 59.7 Å². The lowest BCUT2D eigenvalue weighted by Crippen LogP contribution is -2.20. The van der Waals surface area contributed by atoms with Gasteiger partial charge in [-0.25, -0.2) is 9.97 Å². The highest BCUT2D eigenvalue weighted by atomic mass is 15.3. The van der Waals surface area contributed by atoms with Crippen molar-refractivity contribution in [2.45, 2.75) is 32.7 Å². The molecule has 1 aromatic carbocycles. The maximum atomic E-state index is 4.92. The Bertz CT molecular complexity index is 1210. The van der Waals surface area contributed by atoms with Crippen molar-refractivity contribution >= 4 is 0 Å². The van der Waals surface area contributed by atoms with Crippen molar-refractivity contribution in [1.82, 2.24) is 29.6 Å². The maximum Gasteiger partial charge on any atom is 0.133 e. The summed E-state index contributed by atoms with van der Waals surface area (Å²) in [7, 11) is 2.20. The highest BCUT2D eigenvalue weighted by Crippen LogP contribution is 2.29. The number of likely N-dealkylation sites (N-methyl/N-ethyl adjacent to an activating group) is 1. The van der Waals surface area contributed by atoms with Gasteiger partial charge in [0, 0.05) is 62.0 Å². The minimum absolute atomic E-state index is 0.723. The van der Waals surface area contributed by atoms with Crippen LogP contribution in [0.4, 0.5) is 0 Å². The zero-order chi connectivity index (χ0) is 21.9. The average molecular weight is 425 g/mol. The summed E-state index contributed by atoms with van der Waals surface area (Å²) in [5, 5.41) is 4.76. The van der Waals surface area contributed by atoms with Gasteiger partial charge in [0.2, 0.25) is 0 Å². The quantitative estimate of drug-likeness (QED) is 0.484. The van der Waals surface area contributed by atoms with Crippen LogP contribution in [0.1, 0.15) is 29.4 Å². The van der Waals surface area contributed by atoms with Crippen LogP contribution in [0.2, 0.25) is 0 Å². The van der Waals surface area contributed by atoms with Gasteiger partial charge in [0.25, 0.3) is 0 Å². The van der Waals surface area contributed by atoms with Crippen LogP contribution in [0.3, 0.4) is 0 Å². The average Bonchev–Trinajstić information content (AvgIpc) is 3.19. The lowest BCUT2D eigenvalue weighted by atomic mass is 9.98. The van der Waals surface area contributed by atoms with E-state index in [9.17, 15) is 0 Å². The Morgan fingerprint density at radius 2 is 1.88 bits per heavy atom. The number of hydrogen-bond acceptors (Lipinski definition) is 5. The van der Waals surface area contributed by atoms with Gasteiger partial charge in [-0.1, -0.05) is 18.2 Å². The number of pyridine rings is 1. The number of benzene rings is 1. The summed E-state index contributed by atoms with van der Waals surface area (Å²) in [5.74, 6) is 0.828. The van der Waals surface area contributed by atoms with Crippen LogP contribution >= 0.6 is 0 Å². The minimum Gasteiger partial charge on any atom is -0.306 e. The Morgan fingerprint density at radius 1 is 1.00 bits per heavy atom. The van der Waals surface area contributed by atoms with Crippen molar-refractivity contribution < 1.29 is 0 Å². The summed E-state index contributed by atoms with van der Waals surface area (Å²) in [4.78, 5) is 16.2. The predicted octanol–water partition coefficient (Wildman–Crippen LogP) is 4.04. The van der Waals surface area contributed by atoms with E-state index in [-0.39, 0.29) is 0 Å². The molecule has 6 nitrogen and oxygen atoms in total. The van der Waals surface area contributed by atoms with Crippen LogP contribution in [0.15, 0.2) is 61.2 Å². The molecule has 0 amide bonds. The molecule has 0 fully saturated rings. The molecule has 0 N–H and O–H groups in total. The third-order valence-electron chi connectivity index (χ3n) is 6.16. The normalized spacial score (nSPS) is 14.2. The van der Waals surface area contributed by atoms with Gasteiger partial charge in [-0.3, -0.25) is 9.67 Å². The molecule has 6 heteroatoms. The fourth-order valence-electron chi connectivity index (χ4n) is 4.30. The summed E-state index contributed by atoms with van der Waals surface area (Å²) in [6.45, 7) is 5.13. The number of aromatic nitrogens is 5. The molecule has 1 aliphatic heterocycles. The molecule has 3 aromatic heterocycles. The molecule has 162 valence electrons. The molecular weight excluding hydrogens is 396 g/mol. The minimum atomic E-state index is 0.723. The molecule has 4 aromatic rings. The Morgan fingerprint density at radius 3 is 2.69 bits per heavy atom. The Labute approximate surface area is 189 Å². The second-order valence-corrected chi connectivity index (χ2v) is 8.43. The number of rotatable bonds is 5. The molecule has 0 radical (unpaired) electrons. The number of aryl methyl sites for hydroxylation is 1. The van der Waals surface area contributed by atoms with Crippen LogP contribution in [0, 0.1) is 0 Å². The van der Waals surface area contributed by atoms with E-state index in [2.05, 4.69) is 53.2 Å². The monoisotopic (exact) mass is 424 g/mol. The fourth-order valence-corrected chi connectivity index (χ4v) is 4.30. The van der Waals surface area contributed by atoms with E-state index in [1.165, 1.54) is 16.7 Å². The van der Waals surface area contributed by atoms with E-state index >= 15 is 0 Å². The van der Waals surface area contributed by atoms with Crippen molar-refractivity contribution in [2.24, 2.45) is 0 Å². The summed E-state index contributed by atoms with van der Waals surface area (Å²) >= 11 is 0. The van der Waals surface area contributed by atoms with Gasteiger partial charge >= 0.3 is 0 Å². The lowest BCUT2D eigenvalue weighted by Gasteiger charge is -2.10. The SMILES string of the molecule is CCn1cc(-c2ccnc(Cc3ccc4c(c3)CCN(C)CC4)n2)c(-c2cccnc2)n1. The number of nitrogens with zero attached hydrogens (tertiary/aromatic N) is 6. The Hall–Kier alpha value is -3.38. The summed E-state index contributed by atoms with van der Waals surface area (Å²) in [6, 6.07) is 12.8. The van der Waals surface area contributed by atoms with Crippen molar-refractivity contribution in [1.29, 1.82) is 0 Å². The molecule has 0 atom stereocenters. The third kappa shape index (κ3) is 4.32. The van der Waals surface area contributed by atoms with Crippen LogP contribution in [-0.4, -0.2) is 49.8 Å². The van der Waals surface area contributed by atoms with Gasteiger partial charge in [-0.2, -0.15) is 5.10 Å². The molecule has 0 aliphatic carbocycles. The van der Waals surface area contributed by atoms with E-state index in [0.717, 1.165) is 67.2 Å². The zero-order valence-corrected chi connectivity index (χ0v) is 18.7. The highest BCUT2D eigenvalue weighted by molar-refractivity contribution is 5.78. The molecule has 0 spiro atoms. The second kappa shape index (κ2) is 9.01. The Balaban J connectivity index is 1.45. The molecule has 0 saturated carbocycles. The molecule has 4 heterocycles. The van der Waals surface area contributed by atoms with E-state index in [0.29, 0.717) is 0 Å². The Kier molecular flexibility index (Phi) is 5.77. The van der Waals surface area contributed by atoms with Gasteiger partial charge in [0.05, 0.1) is 5.69 Å². The largest absolute Gasteiger partial charge is 0.306 e. The molecule has 1 aliphatic rings. The van der Waals surface area contributed by atoms with E-state index in [4.69, 9.17) is 10.1 Å². The van der Waals surface area contributed by atoms with E-state index < -0.39 is 0 Å². The predicted molar refractivity (Wildman–Crippen MR) is 126 cm³/mol.